The van der Waals surface area contributed by atoms with Gasteiger partial charge in [0, 0.05) is 12.6 Å². The van der Waals surface area contributed by atoms with Crippen molar-refractivity contribution in [3.8, 4) is 6.07 Å². The summed E-state index contributed by atoms with van der Waals surface area (Å²) in [5, 5.41) is 12.5. The maximum absolute atomic E-state index is 8.93. The van der Waals surface area contributed by atoms with Gasteiger partial charge in [0.15, 0.2) is 0 Å². The third-order valence-corrected chi connectivity index (χ3v) is 3.74. The first-order valence-corrected chi connectivity index (χ1v) is 7.33. The van der Waals surface area contributed by atoms with E-state index in [0.717, 1.165) is 32.4 Å². The molecule has 1 N–H and O–H groups in total. The Hall–Kier alpha value is -0.590. The third kappa shape index (κ3) is 5.84. The Labute approximate surface area is 112 Å². The first kappa shape index (κ1) is 15.5. The van der Waals surface area contributed by atoms with Gasteiger partial charge in [0.25, 0.3) is 0 Å². The largest absolute Gasteiger partial charge is 0.378 e. The molecule has 0 heterocycles. The standard InChI is InChI=1S/C15H28N2O/c1-4-10-17-13-5-7-14(8-6-13)18-11-9-15(2,3)12-16/h13-14,17H,4-11H2,1-3H3. The van der Waals surface area contributed by atoms with Crippen molar-refractivity contribution in [2.24, 2.45) is 5.41 Å². The molecule has 0 atom stereocenters. The summed E-state index contributed by atoms with van der Waals surface area (Å²) in [6.45, 7) is 8.01. The number of nitrogens with zero attached hydrogens (tertiary/aromatic N) is 1. The second-order valence-electron chi connectivity index (χ2n) is 6.04. The molecule has 1 fully saturated rings. The van der Waals surface area contributed by atoms with Crippen molar-refractivity contribution in [3.05, 3.63) is 0 Å². The number of ether oxygens (including phenoxy) is 1. The van der Waals surface area contributed by atoms with Crippen LogP contribution in [0.3, 0.4) is 0 Å². The highest BCUT2D eigenvalue weighted by molar-refractivity contribution is 4.91. The van der Waals surface area contributed by atoms with Crippen molar-refractivity contribution < 1.29 is 4.74 Å². The molecule has 0 radical (unpaired) electrons. The van der Waals surface area contributed by atoms with Gasteiger partial charge in [-0.2, -0.15) is 5.26 Å². The summed E-state index contributed by atoms with van der Waals surface area (Å²) in [4.78, 5) is 0. The van der Waals surface area contributed by atoms with Crippen molar-refractivity contribution in [3.63, 3.8) is 0 Å². The average Bonchev–Trinajstić information content (AvgIpc) is 2.38. The zero-order chi connectivity index (χ0) is 13.4. The summed E-state index contributed by atoms with van der Waals surface area (Å²) in [6.07, 6.45) is 7.23. The Kier molecular flexibility index (Phi) is 6.67. The van der Waals surface area contributed by atoms with Crippen LogP contribution in [0.4, 0.5) is 0 Å². The van der Waals surface area contributed by atoms with E-state index in [9.17, 15) is 0 Å². The van der Waals surface area contributed by atoms with Gasteiger partial charge in [-0.3, -0.25) is 0 Å². The minimum atomic E-state index is -0.250. The lowest BCUT2D eigenvalue weighted by molar-refractivity contribution is 0.0135. The molecular formula is C15H28N2O. The van der Waals surface area contributed by atoms with Crippen LogP contribution in [0.2, 0.25) is 0 Å². The highest BCUT2D eigenvalue weighted by Crippen LogP contribution is 2.23. The van der Waals surface area contributed by atoms with E-state index in [0.29, 0.717) is 12.1 Å². The maximum atomic E-state index is 8.93. The molecule has 3 heteroatoms. The van der Waals surface area contributed by atoms with Crippen molar-refractivity contribution in [2.75, 3.05) is 13.2 Å². The normalized spacial score (nSPS) is 24.8. The molecule has 1 aliphatic rings. The molecule has 18 heavy (non-hydrogen) atoms. The zero-order valence-electron chi connectivity index (χ0n) is 12.2. The molecule has 0 bridgehead atoms. The van der Waals surface area contributed by atoms with Crippen molar-refractivity contribution in [1.82, 2.24) is 5.32 Å². The SMILES string of the molecule is CCCNC1CCC(OCCC(C)(C)C#N)CC1. The first-order chi connectivity index (χ1) is 8.57. The average molecular weight is 252 g/mol. The van der Waals surface area contributed by atoms with Gasteiger partial charge in [-0.05, 0) is 58.9 Å². The van der Waals surface area contributed by atoms with E-state index in [1.807, 2.05) is 13.8 Å². The molecule has 1 rings (SSSR count). The summed E-state index contributed by atoms with van der Waals surface area (Å²) in [5.41, 5.74) is -0.250. The van der Waals surface area contributed by atoms with Gasteiger partial charge in [0.05, 0.1) is 17.6 Å². The molecule has 0 aliphatic heterocycles. The van der Waals surface area contributed by atoms with Crippen molar-refractivity contribution in [2.45, 2.75) is 71.4 Å². The second kappa shape index (κ2) is 7.76. The van der Waals surface area contributed by atoms with Gasteiger partial charge in [0.1, 0.15) is 0 Å². The molecule has 0 aromatic rings. The molecular weight excluding hydrogens is 224 g/mol. The summed E-state index contributed by atoms with van der Waals surface area (Å²) < 4.78 is 5.89. The summed E-state index contributed by atoms with van der Waals surface area (Å²) in [6, 6.07) is 3.01. The molecule has 104 valence electrons. The lowest BCUT2D eigenvalue weighted by Gasteiger charge is -2.29. The lowest BCUT2D eigenvalue weighted by atomic mass is 9.91. The highest BCUT2D eigenvalue weighted by atomic mass is 16.5. The summed E-state index contributed by atoms with van der Waals surface area (Å²) >= 11 is 0. The Bertz CT molecular complexity index is 262. The van der Waals surface area contributed by atoms with Crippen molar-refractivity contribution >= 4 is 0 Å². The molecule has 0 spiro atoms. The van der Waals surface area contributed by atoms with E-state index < -0.39 is 0 Å². The van der Waals surface area contributed by atoms with Crippen LogP contribution in [0, 0.1) is 16.7 Å². The molecule has 0 amide bonds. The highest BCUT2D eigenvalue weighted by Gasteiger charge is 2.22. The van der Waals surface area contributed by atoms with Gasteiger partial charge < -0.3 is 10.1 Å². The minimum absolute atomic E-state index is 0.250. The fourth-order valence-electron chi connectivity index (χ4n) is 2.32. The van der Waals surface area contributed by atoms with Crippen LogP contribution in [0.5, 0.6) is 0 Å². The van der Waals surface area contributed by atoms with Crippen LogP contribution in [0.1, 0.15) is 59.3 Å². The Morgan fingerprint density at radius 2 is 1.94 bits per heavy atom. The Balaban J connectivity index is 2.11. The predicted octanol–water partition coefficient (Wildman–Crippen LogP) is 3.25. The molecule has 1 saturated carbocycles. The fourth-order valence-corrected chi connectivity index (χ4v) is 2.32. The number of hydrogen-bond donors (Lipinski definition) is 1. The molecule has 0 aromatic carbocycles. The summed E-state index contributed by atoms with van der Waals surface area (Å²) in [5.74, 6) is 0. The van der Waals surface area contributed by atoms with Crippen LogP contribution in [0.25, 0.3) is 0 Å². The van der Waals surface area contributed by atoms with Gasteiger partial charge in [0.2, 0.25) is 0 Å². The van der Waals surface area contributed by atoms with E-state index in [4.69, 9.17) is 10.00 Å². The summed E-state index contributed by atoms with van der Waals surface area (Å²) in [7, 11) is 0. The Morgan fingerprint density at radius 3 is 2.50 bits per heavy atom. The predicted molar refractivity (Wildman–Crippen MR) is 74.3 cm³/mol. The van der Waals surface area contributed by atoms with Gasteiger partial charge >= 0.3 is 0 Å². The zero-order valence-corrected chi connectivity index (χ0v) is 12.2. The van der Waals surface area contributed by atoms with Crippen LogP contribution < -0.4 is 5.32 Å². The molecule has 1 aliphatic carbocycles. The van der Waals surface area contributed by atoms with Gasteiger partial charge in [-0.25, -0.2) is 0 Å². The van der Waals surface area contributed by atoms with Crippen LogP contribution in [-0.2, 0) is 4.74 Å². The molecule has 3 nitrogen and oxygen atoms in total. The third-order valence-electron chi connectivity index (χ3n) is 3.74. The Morgan fingerprint density at radius 1 is 1.28 bits per heavy atom. The van der Waals surface area contributed by atoms with Crippen LogP contribution >= 0.6 is 0 Å². The number of nitrogens with one attached hydrogen (secondary N) is 1. The lowest BCUT2D eigenvalue weighted by Crippen LogP contribution is -2.36. The molecule has 0 aromatic heterocycles. The maximum Gasteiger partial charge on any atom is 0.0684 e. The van der Waals surface area contributed by atoms with E-state index in [1.54, 1.807) is 0 Å². The monoisotopic (exact) mass is 252 g/mol. The van der Waals surface area contributed by atoms with E-state index >= 15 is 0 Å². The first-order valence-electron chi connectivity index (χ1n) is 7.33. The van der Waals surface area contributed by atoms with E-state index in [1.165, 1.54) is 19.3 Å². The smallest absolute Gasteiger partial charge is 0.0684 e. The van der Waals surface area contributed by atoms with E-state index in [2.05, 4.69) is 18.3 Å². The topological polar surface area (TPSA) is 45.0 Å². The number of hydrogen-bond acceptors (Lipinski definition) is 3. The van der Waals surface area contributed by atoms with Crippen LogP contribution in [-0.4, -0.2) is 25.3 Å². The van der Waals surface area contributed by atoms with Crippen LogP contribution in [0.15, 0.2) is 0 Å². The van der Waals surface area contributed by atoms with Gasteiger partial charge in [-0.1, -0.05) is 6.92 Å². The second-order valence-corrected chi connectivity index (χ2v) is 6.04. The quantitative estimate of drug-likeness (QED) is 0.756. The number of rotatable bonds is 7. The van der Waals surface area contributed by atoms with E-state index in [-0.39, 0.29) is 5.41 Å². The van der Waals surface area contributed by atoms with Crippen molar-refractivity contribution in [1.29, 1.82) is 5.26 Å². The minimum Gasteiger partial charge on any atom is -0.378 e. The van der Waals surface area contributed by atoms with Gasteiger partial charge in [-0.15, -0.1) is 0 Å². The molecule has 0 saturated heterocycles. The number of nitriles is 1. The fraction of sp³-hybridized carbons (Fsp3) is 0.933. The molecule has 0 unspecified atom stereocenters.